The van der Waals surface area contributed by atoms with Crippen LogP contribution in [0, 0.1) is 0 Å². The molecule has 0 aliphatic carbocycles. The van der Waals surface area contributed by atoms with Crippen LogP contribution in [0.4, 0.5) is 6.01 Å². The summed E-state index contributed by atoms with van der Waals surface area (Å²) in [6, 6.07) is 12.8. The number of halogens is 2. The number of amides is 1. The van der Waals surface area contributed by atoms with Crippen molar-refractivity contribution in [3.8, 4) is 17.2 Å². The number of hydrogen-bond acceptors (Lipinski definition) is 6. The molecule has 0 aliphatic heterocycles. The van der Waals surface area contributed by atoms with E-state index in [1.165, 1.54) is 0 Å². The van der Waals surface area contributed by atoms with Gasteiger partial charge in [-0.25, -0.2) is 0 Å². The highest BCUT2D eigenvalue weighted by atomic mass is 35.5. The molecule has 0 saturated heterocycles. The van der Waals surface area contributed by atoms with E-state index in [1.54, 1.807) is 37.1 Å². The van der Waals surface area contributed by atoms with Crippen molar-refractivity contribution in [2.75, 3.05) is 18.2 Å². The Morgan fingerprint density at radius 2 is 1.86 bits per heavy atom. The number of thioether (sulfide) groups is 1. The lowest BCUT2D eigenvalue weighted by Crippen LogP contribution is -2.11. The smallest absolute Gasteiger partial charge is 0.322 e. The van der Waals surface area contributed by atoms with Crippen molar-refractivity contribution in [1.29, 1.82) is 0 Å². The number of methoxy groups -OCH3 is 1. The lowest BCUT2D eigenvalue weighted by molar-refractivity contribution is -0.116. The Balaban J connectivity index is 1.45. The van der Waals surface area contributed by atoms with Gasteiger partial charge in [-0.05, 0) is 54.6 Å². The molecule has 0 atom stereocenters. The second-order valence-electron chi connectivity index (χ2n) is 5.75. The molecule has 146 valence electrons. The zero-order valence-corrected chi connectivity index (χ0v) is 17.3. The third-order valence-corrected chi connectivity index (χ3v) is 5.19. The maximum Gasteiger partial charge on any atom is 0.322 e. The first-order valence-electron chi connectivity index (χ1n) is 8.40. The van der Waals surface area contributed by atoms with Crippen LogP contribution in [0.2, 0.25) is 10.0 Å². The van der Waals surface area contributed by atoms with Crippen LogP contribution in [0.5, 0.6) is 5.75 Å². The van der Waals surface area contributed by atoms with Crippen LogP contribution in [0.25, 0.3) is 11.5 Å². The van der Waals surface area contributed by atoms with Crippen LogP contribution >= 0.6 is 35.0 Å². The van der Waals surface area contributed by atoms with Gasteiger partial charge in [0.2, 0.25) is 11.8 Å². The molecule has 2 aromatic carbocycles. The van der Waals surface area contributed by atoms with Gasteiger partial charge in [-0.1, -0.05) is 28.3 Å². The lowest BCUT2D eigenvalue weighted by atomic mass is 10.2. The molecule has 0 saturated carbocycles. The number of carbonyl (C=O) groups excluding carboxylic acids is 1. The number of nitrogens with one attached hydrogen (secondary N) is 1. The van der Waals surface area contributed by atoms with Gasteiger partial charge in [0.15, 0.2) is 0 Å². The summed E-state index contributed by atoms with van der Waals surface area (Å²) in [7, 11) is 1.64. The normalized spacial score (nSPS) is 10.7. The minimum atomic E-state index is -0.186. The van der Waals surface area contributed by atoms with E-state index in [0.29, 0.717) is 28.5 Å². The maximum atomic E-state index is 12.1. The topological polar surface area (TPSA) is 77.2 Å². The number of benzene rings is 2. The van der Waals surface area contributed by atoms with Crippen LogP contribution in [-0.2, 0) is 4.79 Å². The predicted octanol–water partition coefficient (Wildman–Crippen LogP) is 5.56. The molecule has 3 rings (SSSR count). The monoisotopic (exact) mass is 437 g/mol. The molecule has 0 unspecified atom stereocenters. The number of anilines is 1. The molecule has 28 heavy (non-hydrogen) atoms. The molecule has 0 bridgehead atoms. The Labute approximate surface area is 176 Å². The summed E-state index contributed by atoms with van der Waals surface area (Å²) >= 11 is 13.6. The molecule has 1 amide bonds. The zero-order chi connectivity index (χ0) is 19.9. The summed E-state index contributed by atoms with van der Waals surface area (Å²) in [5.74, 6) is 1.68. The van der Waals surface area contributed by atoms with Crippen molar-refractivity contribution >= 4 is 46.9 Å². The highest BCUT2D eigenvalue weighted by Gasteiger charge is 2.12. The Morgan fingerprint density at radius 3 is 2.54 bits per heavy atom. The van der Waals surface area contributed by atoms with E-state index in [-0.39, 0.29) is 17.8 Å². The molecule has 1 aromatic heterocycles. The van der Waals surface area contributed by atoms with E-state index in [4.69, 9.17) is 32.4 Å². The molecule has 1 heterocycles. The third kappa shape index (κ3) is 5.89. The summed E-state index contributed by atoms with van der Waals surface area (Å²) in [5, 5.41) is 11.3. The maximum absolute atomic E-state index is 12.1. The van der Waals surface area contributed by atoms with Gasteiger partial charge in [-0.15, -0.1) is 16.9 Å². The van der Waals surface area contributed by atoms with Crippen LogP contribution in [0.3, 0.4) is 0 Å². The number of carbonyl (C=O) groups is 1. The van der Waals surface area contributed by atoms with Gasteiger partial charge in [0, 0.05) is 26.9 Å². The average molecular weight is 438 g/mol. The largest absolute Gasteiger partial charge is 0.497 e. The molecule has 3 aromatic rings. The summed E-state index contributed by atoms with van der Waals surface area (Å²) < 4.78 is 10.6. The van der Waals surface area contributed by atoms with Crippen LogP contribution < -0.4 is 10.1 Å². The minimum Gasteiger partial charge on any atom is -0.497 e. The van der Waals surface area contributed by atoms with Crippen molar-refractivity contribution < 1.29 is 13.9 Å². The molecule has 0 aliphatic rings. The molecular formula is C19H17Cl2N3O3S. The highest BCUT2D eigenvalue weighted by Crippen LogP contribution is 2.27. The van der Waals surface area contributed by atoms with Crippen LogP contribution in [0.15, 0.2) is 51.8 Å². The first-order valence-corrected chi connectivity index (χ1v) is 10.1. The SMILES string of the molecule is COc1ccc(SCCCC(=O)Nc2nnc(-c3cc(Cl)cc(Cl)c3)o2)cc1. The summed E-state index contributed by atoms with van der Waals surface area (Å²) in [4.78, 5) is 13.2. The van der Waals surface area contributed by atoms with Crippen LogP contribution in [-0.4, -0.2) is 29.0 Å². The number of hydrogen-bond donors (Lipinski definition) is 1. The third-order valence-electron chi connectivity index (χ3n) is 3.66. The van der Waals surface area contributed by atoms with Crippen LogP contribution in [0.1, 0.15) is 12.8 Å². The van der Waals surface area contributed by atoms with Gasteiger partial charge in [0.05, 0.1) is 7.11 Å². The van der Waals surface area contributed by atoms with E-state index >= 15 is 0 Å². The lowest BCUT2D eigenvalue weighted by Gasteiger charge is -2.03. The van der Waals surface area contributed by atoms with Crippen molar-refractivity contribution in [3.63, 3.8) is 0 Å². The molecule has 0 radical (unpaired) electrons. The second kappa shape index (κ2) is 9.82. The van der Waals surface area contributed by atoms with E-state index in [1.807, 2.05) is 24.3 Å². The Hall–Kier alpha value is -2.22. The first kappa shape index (κ1) is 20.5. The first-order chi connectivity index (χ1) is 13.5. The minimum absolute atomic E-state index is 0.0407. The zero-order valence-electron chi connectivity index (χ0n) is 14.9. The van der Waals surface area contributed by atoms with Gasteiger partial charge in [-0.3, -0.25) is 10.1 Å². The Morgan fingerprint density at radius 1 is 1.14 bits per heavy atom. The fraction of sp³-hybridized carbons (Fsp3) is 0.211. The predicted molar refractivity (Wildman–Crippen MR) is 111 cm³/mol. The quantitative estimate of drug-likeness (QED) is 0.366. The number of aromatic nitrogens is 2. The summed E-state index contributed by atoms with van der Waals surface area (Å²) in [6.45, 7) is 0. The van der Waals surface area contributed by atoms with Gasteiger partial charge in [-0.2, -0.15) is 0 Å². The van der Waals surface area contributed by atoms with Gasteiger partial charge in [0.1, 0.15) is 5.75 Å². The van der Waals surface area contributed by atoms with Crippen molar-refractivity contribution in [2.45, 2.75) is 17.7 Å². The van der Waals surface area contributed by atoms with E-state index in [9.17, 15) is 4.79 Å². The summed E-state index contributed by atoms with van der Waals surface area (Å²) in [5.41, 5.74) is 0.585. The molecular weight excluding hydrogens is 421 g/mol. The molecule has 0 fully saturated rings. The van der Waals surface area contributed by atoms with Crippen molar-refractivity contribution in [1.82, 2.24) is 10.2 Å². The summed E-state index contributed by atoms with van der Waals surface area (Å²) in [6.07, 6.45) is 1.07. The standard InChI is InChI=1S/C19H17Cl2N3O3S/c1-26-15-4-6-16(7-5-15)28-8-2-3-17(25)22-19-24-23-18(27-19)12-9-13(20)11-14(21)10-12/h4-7,9-11H,2-3,8H2,1H3,(H,22,24,25). The fourth-order valence-electron chi connectivity index (χ4n) is 2.34. The average Bonchev–Trinajstić information content (AvgIpc) is 3.13. The molecule has 6 nitrogen and oxygen atoms in total. The number of ether oxygens (including phenoxy) is 1. The van der Waals surface area contributed by atoms with E-state index < -0.39 is 0 Å². The number of rotatable bonds is 8. The van der Waals surface area contributed by atoms with Gasteiger partial charge >= 0.3 is 6.01 Å². The highest BCUT2D eigenvalue weighted by molar-refractivity contribution is 7.99. The molecule has 0 spiro atoms. The Kier molecular flexibility index (Phi) is 7.19. The van der Waals surface area contributed by atoms with E-state index in [0.717, 1.165) is 16.4 Å². The van der Waals surface area contributed by atoms with Gasteiger partial charge in [0.25, 0.3) is 0 Å². The molecule has 1 N–H and O–H groups in total. The fourth-order valence-corrected chi connectivity index (χ4v) is 3.72. The Bertz CT molecular complexity index is 928. The van der Waals surface area contributed by atoms with Crippen molar-refractivity contribution in [2.24, 2.45) is 0 Å². The second-order valence-corrected chi connectivity index (χ2v) is 7.79. The van der Waals surface area contributed by atoms with Gasteiger partial charge < -0.3 is 9.15 Å². The van der Waals surface area contributed by atoms with Crippen molar-refractivity contribution in [3.05, 3.63) is 52.5 Å². The number of nitrogens with zero attached hydrogens (tertiary/aromatic N) is 2. The van der Waals surface area contributed by atoms with E-state index in [2.05, 4.69) is 15.5 Å². The molecule has 9 heteroatoms.